The first kappa shape index (κ1) is 13.6. The second-order valence-electron chi connectivity index (χ2n) is 3.05. The Labute approximate surface area is 113 Å². The van der Waals surface area contributed by atoms with Gasteiger partial charge in [0, 0.05) is 0 Å². The van der Waals surface area contributed by atoms with Crippen LogP contribution in [0.5, 0.6) is 11.5 Å². The van der Waals surface area contributed by atoms with Crippen molar-refractivity contribution in [2.75, 3.05) is 6.61 Å². The van der Waals surface area contributed by atoms with Crippen molar-refractivity contribution in [1.29, 1.82) is 0 Å². The van der Waals surface area contributed by atoms with Crippen LogP contribution in [0.25, 0.3) is 0 Å². The molecule has 92 valence electrons. The highest BCUT2D eigenvalue weighted by atomic mass is 127. The van der Waals surface area contributed by atoms with Gasteiger partial charge in [-0.3, -0.25) is 0 Å². The van der Waals surface area contributed by atoms with Crippen LogP contribution in [0, 0.1) is 3.57 Å². The Morgan fingerprint density at radius 2 is 2.24 bits per heavy atom. The predicted molar refractivity (Wildman–Crippen MR) is 75.4 cm³/mol. The maximum Gasteiger partial charge on any atom is 0.211 e. The summed E-state index contributed by atoms with van der Waals surface area (Å²) in [6.45, 7) is 2.31. The fraction of sp³-hybridized carbons (Fsp3) is 0.200. The fourth-order valence-corrected chi connectivity index (χ4v) is 1.72. The zero-order chi connectivity index (χ0) is 12.8. The van der Waals surface area contributed by atoms with Crippen LogP contribution in [-0.4, -0.2) is 23.9 Å². The molecule has 0 atom stereocenters. The Morgan fingerprint density at radius 3 is 2.82 bits per heavy atom. The van der Waals surface area contributed by atoms with E-state index in [1.54, 1.807) is 12.1 Å². The van der Waals surface area contributed by atoms with Crippen molar-refractivity contribution in [3.8, 4) is 11.5 Å². The number of nitrogens with zero attached hydrogens (tertiary/aromatic N) is 2. The van der Waals surface area contributed by atoms with E-state index in [4.69, 9.17) is 16.2 Å². The average molecular weight is 348 g/mol. The number of aromatic hydroxyl groups is 1. The van der Waals surface area contributed by atoms with Crippen LogP contribution < -0.4 is 16.2 Å². The second kappa shape index (κ2) is 6.28. The number of hydrogen-bond donors (Lipinski definition) is 3. The zero-order valence-electron chi connectivity index (χ0n) is 9.22. The van der Waals surface area contributed by atoms with Gasteiger partial charge in [0.05, 0.1) is 16.4 Å². The van der Waals surface area contributed by atoms with Gasteiger partial charge >= 0.3 is 0 Å². The van der Waals surface area contributed by atoms with Crippen molar-refractivity contribution < 1.29 is 9.84 Å². The van der Waals surface area contributed by atoms with E-state index >= 15 is 0 Å². The molecule has 1 aromatic carbocycles. The number of ether oxygens (including phenoxy) is 1. The molecule has 0 unspecified atom stereocenters. The molecule has 0 aliphatic heterocycles. The van der Waals surface area contributed by atoms with Crippen molar-refractivity contribution in [1.82, 2.24) is 0 Å². The lowest BCUT2D eigenvalue weighted by Crippen LogP contribution is -2.21. The third-order valence-electron chi connectivity index (χ3n) is 1.73. The molecule has 1 aromatic rings. The number of rotatable bonds is 4. The van der Waals surface area contributed by atoms with Gasteiger partial charge in [-0.2, -0.15) is 5.10 Å². The van der Waals surface area contributed by atoms with E-state index in [9.17, 15) is 5.11 Å². The molecule has 7 heteroatoms. The molecule has 0 heterocycles. The normalized spacial score (nSPS) is 10.5. The van der Waals surface area contributed by atoms with Crippen molar-refractivity contribution >= 4 is 34.8 Å². The van der Waals surface area contributed by atoms with Crippen LogP contribution in [0.3, 0.4) is 0 Å². The molecule has 17 heavy (non-hydrogen) atoms. The van der Waals surface area contributed by atoms with E-state index < -0.39 is 0 Å². The Hall–Kier alpha value is -1.51. The lowest BCUT2D eigenvalue weighted by molar-refractivity contribution is 0.317. The van der Waals surface area contributed by atoms with E-state index in [1.807, 2.05) is 29.5 Å². The Morgan fingerprint density at radius 1 is 1.53 bits per heavy atom. The molecule has 0 fully saturated rings. The Bertz CT molecular complexity index is 456. The molecule has 0 radical (unpaired) electrons. The van der Waals surface area contributed by atoms with Crippen molar-refractivity contribution in [2.45, 2.75) is 6.92 Å². The number of phenolic OH excluding ortho intramolecular Hbond substituents is 1. The maximum absolute atomic E-state index is 9.72. The van der Waals surface area contributed by atoms with Crippen LogP contribution in [0.2, 0.25) is 0 Å². The standard InChI is InChI=1S/C10H13IN4O2/c1-2-17-8-4-6(3-7(11)9(8)16)5-14-15-10(12)13/h3-5,16H,2H2,1H3,(H4,12,13,15)/b14-5-. The van der Waals surface area contributed by atoms with E-state index in [2.05, 4.69) is 10.2 Å². The number of phenols is 1. The molecule has 0 bridgehead atoms. The van der Waals surface area contributed by atoms with Gasteiger partial charge in [0.25, 0.3) is 0 Å². The van der Waals surface area contributed by atoms with Gasteiger partial charge in [-0.1, -0.05) is 0 Å². The summed E-state index contributed by atoms with van der Waals surface area (Å²) in [6, 6.07) is 3.40. The van der Waals surface area contributed by atoms with E-state index in [-0.39, 0.29) is 11.7 Å². The molecule has 5 N–H and O–H groups in total. The summed E-state index contributed by atoms with van der Waals surface area (Å²) < 4.78 is 5.95. The maximum atomic E-state index is 9.72. The molecule has 0 spiro atoms. The van der Waals surface area contributed by atoms with Gasteiger partial charge in [0.2, 0.25) is 5.96 Å². The number of halogens is 1. The highest BCUT2D eigenvalue weighted by Gasteiger charge is 2.07. The summed E-state index contributed by atoms with van der Waals surface area (Å²) in [4.78, 5) is 0. The molecule has 0 aliphatic carbocycles. The monoisotopic (exact) mass is 348 g/mol. The van der Waals surface area contributed by atoms with Gasteiger partial charge in [0.15, 0.2) is 11.5 Å². The molecular formula is C10H13IN4O2. The number of hydrogen-bond acceptors (Lipinski definition) is 4. The zero-order valence-corrected chi connectivity index (χ0v) is 11.4. The van der Waals surface area contributed by atoms with Crippen molar-refractivity contribution in [3.63, 3.8) is 0 Å². The van der Waals surface area contributed by atoms with Crippen LogP contribution >= 0.6 is 22.6 Å². The first-order chi connectivity index (χ1) is 8.04. The van der Waals surface area contributed by atoms with E-state index in [0.717, 1.165) is 5.56 Å². The van der Waals surface area contributed by atoms with E-state index in [0.29, 0.717) is 15.9 Å². The summed E-state index contributed by atoms with van der Waals surface area (Å²) in [5.74, 6) is 0.414. The molecule has 0 saturated heterocycles. The molecule has 6 nitrogen and oxygen atoms in total. The molecule has 0 aliphatic rings. The number of guanidine groups is 1. The largest absolute Gasteiger partial charge is 0.504 e. The predicted octanol–water partition coefficient (Wildman–Crippen LogP) is 1.00. The minimum atomic E-state index is -0.111. The van der Waals surface area contributed by atoms with Crippen LogP contribution in [0.4, 0.5) is 0 Å². The Kier molecular flexibility index (Phi) is 5.01. The molecule has 0 amide bonds. The first-order valence-corrected chi connectivity index (χ1v) is 5.89. The summed E-state index contributed by atoms with van der Waals surface area (Å²) >= 11 is 2.00. The molecule has 0 saturated carbocycles. The first-order valence-electron chi connectivity index (χ1n) is 4.82. The molecular weight excluding hydrogens is 335 g/mol. The second-order valence-corrected chi connectivity index (χ2v) is 4.21. The summed E-state index contributed by atoms with van der Waals surface area (Å²) in [7, 11) is 0. The van der Waals surface area contributed by atoms with Crippen LogP contribution in [0.1, 0.15) is 12.5 Å². The molecule has 1 rings (SSSR count). The quantitative estimate of drug-likeness (QED) is 0.327. The third kappa shape index (κ3) is 4.10. The molecule has 0 aromatic heterocycles. The van der Waals surface area contributed by atoms with Gasteiger partial charge < -0.3 is 21.3 Å². The van der Waals surface area contributed by atoms with Gasteiger partial charge in [0.1, 0.15) is 0 Å². The smallest absolute Gasteiger partial charge is 0.211 e. The number of nitrogens with two attached hydrogens (primary N) is 2. The van der Waals surface area contributed by atoms with Gasteiger partial charge in [-0.25, -0.2) is 0 Å². The van der Waals surface area contributed by atoms with Crippen LogP contribution in [0.15, 0.2) is 22.3 Å². The number of benzene rings is 1. The fourth-order valence-electron chi connectivity index (χ4n) is 1.10. The minimum absolute atomic E-state index is 0.111. The highest BCUT2D eigenvalue weighted by molar-refractivity contribution is 14.1. The summed E-state index contributed by atoms with van der Waals surface area (Å²) in [5.41, 5.74) is 11.0. The summed E-state index contributed by atoms with van der Waals surface area (Å²) in [6.07, 6.45) is 1.48. The van der Waals surface area contributed by atoms with Gasteiger partial charge in [-0.05, 0) is 47.2 Å². The van der Waals surface area contributed by atoms with Gasteiger partial charge in [-0.15, -0.1) is 5.10 Å². The topological polar surface area (TPSA) is 106 Å². The lowest BCUT2D eigenvalue weighted by Gasteiger charge is -2.08. The van der Waals surface area contributed by atoms with Crippen LogP contribution in [-0.2, 0) is 0 Å². The van der Waals surface area contributed by atoms with E-state index in [1.165, 1.54) is 6.21 Å². The Balaban J connectivity index is 3.02. The minimum Gasteiger partial charge on any atom is -0.504 e. The van der Waals surface area contributed by atoms with Crippen molar-refractivity contribution in [2.24, 2.45) is 21.7 Å². The summed E-state index contributed by atoms with van der Waals surface area (Å²) in [5, 5.41) is 16.9. The average Bonchev–Trinajstić information content (AvgIpc) is 2.25. The van der Waals surface area contributed by atoms with Crippen molar-refractivity contribution in [3.05, 3.63) is 21.3 Å². The SMILES string of the molecule is CCOc1cc(/C=N\N=C(N)N)cc(I)c1O. The lowest BCUT2D eigenvalue weighted by atomic mass is 10.2. The third-order valence-corrected chi connectivity index (χ3v) is 2.55. The highest BCUT2D eigenvalue weighted by Crippen LogP contribution is 2.32.